The lowest BCUT2D eigenvalue weighted by Crippen LogP contribution is -2.75. The fraction of sp³-hybridized carbons (Fsp3) is 0.611. The van der Waals surface area contributed by atoms with Crippen LogP contribution in [0.25, 0.3) is 0 Å². The van der Waals surface area contributed by atoms with Crippen molar-refractivity contribution in [3.8, 4) is 0 Å². The van der Waals surface area contributed by atoms with Crippen LogP contribution in [0.4, 0.5) is 0 Å². The van der Waals surface area contributed by atoms with Crippen molar-refractivity contribution < 1.29 is 17.9 Å². The van der Waals surface area contributed by atoms with Gasteiger partial charge < -0.3 is 15.8 Å². The monoisotopic (exact) mass is 404 g/mol. The predicted molar refractivity (Wildman–Crippen MR) is 104 cm³/mol. The molecule has 1 aromatic rings. The second kappa shape index (κ2) is 8.69. The Balaban J connectivity index is 0.00000338. The van der Waals surface area contributed by atoms with Crippen molar-refractivity contribution in [2.75, 3.05) is 18.9 Å². The molecule has 148 valence electrons. The van der Waals surface area contributed by atoms with E-state index in [-0.39, 0.29) is 36.7 Å². The molecule has 0 heterocycles. The van der Waals surface area contributed by atoms with E-state index < -0.39 is 20.8 Å². The van der Waals surface area contributed by atoms with E-state index in [1.807, 2.05) is 20.8 Å². The lowest BCUT2D eigenvalue weighted by Gasteiger charge is -2.57. The predicted octanol–water partition coefficient (Wildman–Crippen LogP) is 1.92. The summed E-state index contributed by atoms with van der Waals surface area (Å²) < 4.78 is 30.0. The highest BCUT2D eigenvalue weighted by Crippen LogP contribution is 2.49. The maximum Gasteiger partial charge on any atom is 0.240 e. The molecule has 0 saturated heterocycles. The number of carbonyl (C=O) groups excluding carboxylic acids is 1. The van der Waals surface area contributed by atoms with Crippen LogP contribution in [0.3, 0.4) is 0 Å². The van der Waals surface area contributed by atoms with Crippen LogP contribution >= 0.6 is 12.4 Å². The number of amides is 1. The normalized spacial score (nSPS) is 24.2. The SMILES string of the molecule is CCOC1CC(N)(C(=O)NCCCS(=O)(=O)c2ccccc2)C1(C)C.Cl. The van der Waals surface area contributed by atoms with E-state index in [9.17, 15) is 13.2 Å². The highest BCUT2D eigenvalue weighted by Gasteiger charge is 2.62. The molecule has 0 radical (unpaired) electrons. The second-order valence-electron chi connectivity index (χ2n) is 7.08. The van der Waals surface area contributed by atoms with Gasteiger partial charge in [0.05, 0.1) is 16.8 Å². The molecule has 6 nitrogen and oxygen atoms in total. The number of hydrogen-bond acceptors (Lipinski definition) is 5. The van der Waals surface area contributed by atoms with E-state index in [1.165, 1.54) is 0 Å². The van der Waals surface area contributed by atoms with E-state index in [4.69, 9.17) is 10.5 Å². The van der Waals surface area contributed by atoms with Gasteiger partial charge in [0.1, 0.15) is 5.54 Å². The number of rotatable bonds is 8. The van der Waals surface area contributed by atoms with Crippen LogP contribution in [0.5, 0.6) is 0 Å². The lowest BCUT2D eigenvalue weighted by atomic mass is 9.54. The van der Waals surface area contributed by atoms with E-state index in [1.54, 1.807) is 30.3 Å². The van der Waals surface area contributed by atoms with Gasteiger partial charge in [0.25, 0.3) is 0 Å². The maximum absolute atomic E-state index is 12.5. The minimum atomic E-state index is -3.33. The Morgan fingerprint density at radius 3 is 2.46 bits per heavy atom. The fourth-order valence-corrected chi connectivity index (χ4v) is 4.52. The smallest absolute Gasteiger partial charge is 0.240 e. The number of halogens is 1. The van der Waals surface area contributed by atoms with E-state index in [2.05, 4.69) is 5.32 Å². The van der Waals surface area contributed by atoms with E-state index in [0.717, 1.165) is 0 Å². The average molecular weight is 405 g/mol. The molecular weight excluding hydrogens is 376 g/mol. The zero-order chi connectivity index (χ0) is 18.7. The summed E-state index contributed by atoms with van der Waals surface area (Å²) in [6.07, 6.45) is 0.780. The van der Waals surface area contributed by atoms with Crippen LogP contribution in [0.1, 0.15) is 33.6 Å². The first kappa shape index (κ1) is 22.9. The molecule has 3 N–H and O–H groups in total. The van der Waals surface area contributed by atoms with Crippen molar-refractivity contribution >= 4 is 28.2 Å². The Morgan fingerprint density at radius 2 is 1.92 bits per heavy atom. The highest BCUT2D eigenvalue weighted by atomic mass is 35.5. The third kappa shape index (κ3) is 4.39. The summed E-state index contributed by atoms with van der Waals surface area (Å²) in [5.41, 5.74) is 4.86. The van der Waals surface area contributed by atoms with Gasteiger partial charge in [-0.05, 0) is 25.5 Å². The molecule has 0 spiro atoms. The number of benzene rings is 1. The molecule has 8 heteroatoms. The molecule has 0 bridgehead atoms. The van der Waals surface area contributed by atoms with E-state index in [0.29, 0.717) is 24.3 Å². The first-order valence-electron chi connectivity index (χ1n) is 8.62. The highest BCUT2D eigenvalue weighted by molar-refractivity contribution is 7.91. The molecule has 0 aromatic heterocycles. The van der Waals surface area contributed by atoms with Crippen LogP contribution in [-0.2, 0) is 19.4 Å². The van der Waals surface area contributed by atoms with Crippen LogP contribution < -0.4 is 11.1 Å². The van der Waals surface area contributed by atoms with E-state index >= 15 is 0 Å². The third-order valence-electron chi connectivity index (χ3n) is 5.21. The topological polar surface area (TPSA) is 98.5 Å². The van der Waals surface area contributed by atoms with Gasteiger partial charge in [-0.2, -0.15) is 0 Å². The molecule has 2 unspecified atom stereocenters. The van der Waals surface area contributed by atoms with Gasteiger partial charge in [0.15, 0.2) is 9.84 Å². The van der Waals surface area contributed by atoms with Crippen LogP contribution in [0, 0.1) is 5.41 Å². The lowest BCUT2D eigenvalue weighted by molar-refractivity contribution is -0.170. The first-order chi connectivity index (χ1) is 11.6. The zero-order valence-corrected chi connectivity index (χ0v) is 17.2. The van der Waals surface area contributed by atoms with Gasteiger partial charge in [-0.25, -0.2) is 8.42 Å². The van der Waals surface area contributed by atoms with Crippen LogP contribution in [-0.4, -0.2) is 44.9 Å². The summed E-state index contributed by atoms with van der Waals surface area (Å²) in [6.45, 7) is 6.63. The standard InChI is InChI=1S/C18H28N2O4S.ClH/c1-4-24-15-13-18(19,17(15,2)3)16(21)20-11-8-12-25(22,23)14-9-6-5-7-10-14;/h5-7,9-10,15H,4,8,11-13,19H2,1-3H3,(H,20,21);1H. The minimum Gasteiger partial charge on any atom is -0.378 e. The molecule has 1 saturated carbocycles. The van der Waals surface area contributed by atoms with Gasteiger partial charge in [0.2, 0.25) is 5.91 Å². The minimum absolute atomic E-state index is 0. The molecule has 1 aromatic carbocycles. The molecule has 1 amide bonds. The molecule has 1 fully saturated rings. The van der Waals surface area contributed by atoms with Crippen molar-refractivity contribution in [2.24, 2.45) is 11.1 Å². The van der Waals surface area contributed by atoms with Crippen molar-refractivity contribution in [2.45, 2.75) is 50.2 Å². The summed E-state index contributed by atoms with van der Waals surface area (Å²) in [4.78, 5) is 12.8. The van der Waals surface area contributed by atoms with Gasteiger partial charge in [-0.1, -0.05) is 32.0 Å². The Bertz CT molecular complexity index is 709. The Kier molecular flexibility index (Phi) is 7.65. The number of hydrogen-bond donors (Lipinski definition) is 2. The number of nitrogens with one attached hydrogen (secondary N) is 1. The summed E-state index contributed by atoms with van der Waals surface area (Å²) in [5.74, 6) is -0.259. The first-order valence-corrected chi connectivity index (χ1v) is 10.3. The molecule has 2 atom stereocenters. The number of ether oxygens (including phenoxy) is 1. The molecule has 1 aliphatic carbocycles. The van der Waals surface area contributed by atoms with Gasteiger partial charge >= 0.3 is 0 Å². The maximum atomic E-state index is 12.5. The Morgan fingerprint density at radius 1 is 1.31 bits per heavy atom. The van der Waals surface area contributed by atoms with Crippen molar-refractivity contribution in [1.82, 2.24) is 5.32 Å². The van der Waals surface area contributed by atoms with Crippen molar-refractivity contribution in [3.05, 3.63) is 30.3 Å². The molecule has 26 heavy (non-hydrogen) atoms. The molecule has 0 aliphatic heterocycles. The van der Waals surface area contributed by atoms with Crippen LogP contribution in [0.15, 0.2) is 35.2 Å². The average Bonchev–Trinajstić information content (AvgIpc) is 2.59. The summed E-state index contributed by atoms with van der Waals surface area (Å²) in [5, 5.41) is 2.78. The summed E-state index contributed by atoms with van der Waals surface area (Å²) in [6, 6.07) is 8.32. The van der Waals surface area contributed by atoms with Crippen LogP contribution in [0.2, 0.25) is 0 Å². The van der Waals surface area contributed by atoms with Gasteiger partial charge in [-0.3, -0.25) is 4.79 Å². The molecular formula is C18H29ClN2O4S. The third-order valence-corrected chi connectivity index (χ3v) is 7.03. The zero-order valence-electron chi connectivity index (χ0n) is 15.5. The quantitative estimate of drug-likeness (QED) is 0.645. The second-order valence-corrected chi connectivity index (χ2v) is 9.19. The summed E-state index contributed by atoms with van der Waals surface area (Å²) in [7, 11) is -3.33. The summed E-state index contributed by atoms with van der Waals surface area (Å²) >= 11 is 0. The Labute approximate surface area is 162 Å². The fourth-order valence-electron chi connectivity index (χ4n) is 3.19. The number of sulfone groups is 1. The number of nitrogens with two attached hydrogens (primary N) is 1. The Hall–Kier alpha value is -1.15. The molecule has 2 rings (SSSR count). The van der Waals surface area contributed by atoms with Gasteiger partial charge in [-0.15, -0.1) is 12.4 Å². The van der Waals surface area contributed by atoms with Crippen molar-refractivity contribution in [1.29, 1.82) is 0 Å². The largest absolute Gasteiger partial charge is 0.378 e. The molecule has 1 aliphatic rings. The number of carbonyl (C=O) groups is 1. The van der Waals surface area contributed by atoms with Gasteiger partial charge in [0, 0.05) is 25.0 Å². The van der Waals surface area contributed by atoms with Crippen molar-refractivity contribution in [3.63, 3.8) is 0 Å².